The molecule has 56 heavy (non-hydrogen) atoms. The van der Waals surface area contributed by atoms with Gasteiger partial charge in [0, 0.05) is 43.3 Å². The number of anilines is 1. The van der Waals surface area contributed by atoms with E-state index < -0.39 is 84.1 Å². The fraction of sp³-hybridized carbons (Fsp3) is 0.278. The zero-order valence-corrected chi connectivity index (χ0v) is 31.1. The summed E-state index contributed by atoms with van der Waals surface area (Å²) in [7, 11) is 1.48. The maximum Gasteiger partial charge on any atom is 0.292 e. The lowest BCUT2D eigenvalue weighted by molar-refractivity contribution is -0.123. The Labute approximate surface area is 323 Å². The third kappa shape index (κ3) is 7.82. The van der Waals surface area contributed by atoms with Crippen LogP contribution < -0.4 is 20.9 Å². The van der Waals surface area contributed by atoms with Crippen molar-refractivity contribution in [1.29, 1.82) is 5.41 Å². The van der Waals surface area contributed by atoms with Gasteiger partial charge in [-0.2, -0.15) is 18.3 Å². The van der Waals surface area contributed by atoms with Crippen molar-refractivity contribution >= 4 is 41.0 Å². The van der Waals surface area contributed by atoms with Crippen molar-refractivity contribution in [3.63, 3.8) is 0 Å². The van der Waals surface area contributed by atoms with Crippen LogP contribution in [0, 0.1) is 28.9 Å². The maximum absolute atomic E-state index is 15.3. The van der Waals surface area contributed by atoms with E-state index in [9.17, 15) is 31.5 Å². The molecule has 0 radical (unpaired) electrons. The van der Waals surface area contributed by atoms with Gasteiger partial charge in [-0.1, -0.05) is 36.5 Å². The van der Waals surface area contributed by atoms with Crippen molar-refractivity contribution < 1.29 is 35.5 Å². The largest absolute Gasteiger partial charge is 0.386 e. The van der Waals surface area contributed by atoms with Gasteiger partial charge in [-0.3, -0.25) is 24.2 Å². The Morgan fingerprint density at radius 1 is 1.07 bits per heavy atom. The molecule has 0 bridgehead atoms. The quantitative estimate of drug-likeness (QED) is 0.0343. The Balaban J connectivity index is 1.56. The molecule has 6 rings (SSSR count). The molecule has 5 aromatic rings. The highest BCUT2D eigenvalue weighted by Crippen LogP contribution is 2.48. The first-order valence-corrected chi connectivity index (χ1v) is 18.3. The van der Waals surface area contributed by atoms with Gasteiger partial charge in [-0.05, 0) is 48.4 Å². The number of pyridine rings is 1. The molecule has 2 unspecified atom stereocenters. The normalized spacial score (nSPS) is 15.1. The molecule has 1 amide bonds. The molecular weight excluding hydrogens is 791 g/mol. The molecule has 294 valence electrons. The van der Waals surface area contributed by atoms with Crippen LogP contribution in [-0.4, -0.2) is 49.4 Å². The average Bonchev–Trinajstić information content (AvgIpc) is 3.59. The Bertz CT molecular complexity index is 2390. The van der Waals surface area contributed by atoms with Gasteiger partial charge >= 0.3 is 0 Å². The summed E-state index contributed by atoms with van der Waals surface area (Å²) in [6.45, 7) is 0.171. The molecule has 0 spiro atoms. The third-order valence-corrected chi connectivity index (χ3v) is 9.76. The number of nitrogens with one attached hydrogen (secondary N) is 4. The van der Waals surface area contributed by atoms with Gasteiger partial charge in [-0.25, -0.2) is 27.5 Å². The van der Waals surface area contributed by atoms with Crippen LogP contribution in [0.4, 0.5) is 36.4 Å². The van der Waals surface area contributed by atoms with E-state index in [1.807, 2.05) is 0 Å². The molecule has 1 aliphatic rings. The first-order valence-electron chi connectivity index (χ1n) is 16.7. The average molecular weight is 822 g/mol. The Kier molecular flexibility index (Phi) is 11.5. The van der Waals surface area contributed by atoms with E-state index in [2.05, 4.69) is 30.4 Å². The molecular formula is C36H31ClF7N9O2S. The van der Waals surface area contributed by atoms with E-state index in [0.29, 0.717) is 10.7 Å². The fourth-order valence-electron chi connectivity index (χ4n) is 6.66. The van der Waals surface area contributed by atoms with Crippen LogP contribution in [0.5, 0.6) is 0 Å². The Morgan fingerprint density at radius 2 is 1.79 bits per heavy atom. The molecule has 0 saturated carbocycles. The SMILES string of the molecule is CNc1c(-n2c(C(Cc3cc(F)cc(F)c3)NC(=O)Cn3nc(C(F)F)c4c3C(F)(F)C(C)C4)nc(-c3cccc(F)n3)cc2=O)ccc(Cl)c1C(=N)NSC. The van der Waals surface area contributed by atoms with E-state index in [1.54, 1.807) is 6.26 Å². The van der Waals surface area contributed by atoms with Crippen molar-refractivity contribution in [2.24, 2.45) is 5.92 Å². The summed E-state index contributed by atoms with van der Waals surface area (Å²) in [6.07, 6.45) is -2.46. The highest BCUT2D eigenvalue weighted by molar-refractivity contribution is 7.97. The number of halogens is 8. The summed E-state index contributed by atoms with van der Waals surface area (Å²) in [5, 5.41) is 17.9. The Morgan fingerprint density at radius 3 is 2.43 bits per heavy atom. The molecule has 0 fully saturated rings. The second kappa shape index (κ2) is 16.0. The van der Waals surface area contributed by atoms with Crippen molar-refractivity contribution in [2.75, 3.05) is 18.6 Å². The highest BCUT2D eigenvalue weighted by atomic mass is 35.5. The number of amides is 1. The van der Waals surface area contributed by atoms with Crippen LogP contribution in [0.15, 0.2) is 59.4 Å². The van der Waals surface area contributed by atoms with Gasteiger partial charge in [-0.15, -0.1) is 0 Å². The van der Waals surface area contributed by atoms with Gasteiger partial charge in [0.25, 0.3) is 17.9 Å². The smallest absolute Gasteiger partial charge is 0.292 e. The number of hydrogen-bond acceptors (Lipinski definition) is 8. The van der Waals surface area contributed by atoms with Gasteiger partial charge in [0.2, 0.25) is 11.9 Å². The molecule has 20 heteroatoms. The zero-order valence-electron chi connectivity index (χ0n) is 29.5. The summed E-state index contributed by atoms with van der Waals surface area (Å²) in [5.41, 5.74) is -3.06. The fourth-order valence-corrected chi connectivity index (χ4v) is 7.22. The molecule has 0 saturated heterocycles. The molecule has 4 N–H and O–H groups in total. The number of hydrogen-bond donors (Lipinski definition) is 4. The van der Waals surface area contributed by atoms with Crippen LogP contribution in [-0.2, 0) is 30.1 Å². The summed E-state index contributed by atoms with van der Waals surface area (Å²) in [4.78, 5) is 36.6. The molecule has 1 aliphatic carbocycles. The minimum atomic E-state index is -3.61. The van der Waals surface area contributed by atoms with E-state index in [1.165, 1.54) is 38.2 Å². The van der Waals surface area contributed by atoms with Crippen LogP contribution in [0.3, 0.4) is 0 Å². The second-order valence-corrected chi connectivity index (χ2v) is 13.8. The van der Waals surface area contributed by atoms with Crippen molar-refractivity contribution in [1.82, 2.24) is 34.4 Å². The summed E-state index contributed by atoms with van der Waals surface area (Å²) < 4.78 is 106. The Hall–Kier alpha value is -5.43. The minimum absolute atomic E-state index is 0.0237. The van der Waals surface area contributed by atoms with Crippen molar-refractivity contribution in [2.45, 2.75) is 44.7 Å². The first-order chi connectivity index (χ1) is 26.5. The van der Waals surface area contributed by atoms with E-state index in [0.717, 1.165) is 40.8 Å². The van der Waals surface area contributed by atoms with Gasteiger partial charge < -0.3 is 15.4 Å². The predicted octanol–water partition coefficient (Wildman–Crippen LogP) is 7.12. The van der Waals surface area contributed by atoms with Crippen molar-refractivity contribution in [3.05, 3.63) is 121 Å². The first kappa shape index (κ1) is 40.2. The van der Waals surface area contributed by atoms with Crippen molar-refractivity contribution in [3.8, 4) is 17.1 Å². The lowest BCUT2D eigenvalue weighted by Gasteiger charge is -2.25. The monoisotopic (exact) mass is 821 g/mol. The molecule has 3 aromatic heterocycles. The summed E-state index contributed by atoms with van der Waals surface area (Å²) in [6, 6.07) is 8.48. The van der Waals surface area contributed by atoms with Crippen LogP contribution in [0.1, 0.15) is 53.3 Å². The zero-order chi connectivity index (χ0) is 40.6. The number of carbonyl (C=O) groups is 1. The molecule has 2 aromatic carbocycles. The number of alkyl halides is 4. The number of benzene rings is 2. The predicted molar refractivity (Wildman–Crippen MR) is 196 cm³/mol. The topological polar surface area (TPSA) is 143 Å². The molecule has 11 nitrogen and oxygen atoms in total. The lowest BCUT2D eigenvalue weighted by atomic mass is 10.0. The van der Waals surface area contributed by atoms with Gasteiger partial charge in [0.05, 0.1) is 39.4 Å². The standard InChI is InChI=1S/C36H31ClF7N9O2S/c1-16-9-20-30(33(41)42)50-52(32(20)36(16,43)44)15-27(54)48-24(12-17-10-18(38)13-19(39)11-17)35-49-23(22-5-4-6-26(40)47-22)14-28(55)53(35)25-8-7-21(37)29(31(25)46-2)34(45)51-56-3/h4-8,10-11,13-14,16,24,33,46H,9,12,15H2,1-3H3,(H2,45,51)(H,48,54). The second-order valence-electron chi connectivity index (χ2n) is 12.8. The maximum atomic E-state index is 15.3. The number of aromatic nitrogens is 5. The van der Waals surface area contributed by atoms with Crippen LogP contribution >= 0.6 is 23.5 Å². The summed E-state index contributed by atoms with van der Waals surface area (Å²) >= 11 is 7.60. The summed E-state index contributed by atoms with van der Waals surface area (Å²) in [5.74, 6) is -9.46. The number of fused-ring (bicyclic) bond motifs is 1. The minimum Gasteiger partial charge on any atom is -0.386 e. The lowest BCUT2D eigenvalue weighted by Crippen LogP contribution is -2.38. The van der Waals surface area contributed by atoms with Gasteiger partial charge in [0.15, 0.2) is 0 Å². The molecule has 0 aliphatic heterocycles. The number of amidine groups is 1. The molecule has 2 atom stereocenters. The van der Waals surface area contributed by atoms with Crippen LogP contribution in [0.2, 0.25) is 5.02 Å². The number of carbonyl (C=O) groups excluding carboxylic acids is 1. The number of rotatable bonds is 12. The van der Waals surface area contributed by atoms with E-state index in [-0.39, 0.29) is 56.1 Å². The number of nitrogens with zero attached hydrogens (tertiary/aromatic N) is 5. The molecule has 3 heterocycles. The highest BCUT2D eigenvalue weighted by Gasteiger charge is 2.51. The third-order valence-electron chi connectivity index (χ3n) is 9.04. The van der Waals surface area contributed by atoms with Gasteiger partial charge in [0.1, 0.15) is 41.2 Å². The van der Waals surface area contributed by atoms with Crippen LogP contribution in [0.25, 0.3) is 17.1 Å². The van der Waals surface area contributed by atoms with E-state index >= 15 is 8.78 Å². The van der Waals surface area contributed by atoms with E-state index in [4.69, 9.17) is 17.0 Å².